The Hall–Kier alpha value is -1.28. The van der Waals surface area contributed by atoms with Crippen LogP contribution >= 0.6 is 11.8 Å². The van der Waals surface area contributed by atoms with Crippen molar-refractivity contribution in [1.29, 1.82) is 0 Å². The van der Waals surface area contributed by atoms with Crippen LogP contribution in [0.1, 0.15) is 11.3 Å². The van der Waals surface area contributed by atoms with E-state index in [4.69, 9.17) is 4.98 Å². The third-order valence-electron chi connectivity index (χ3n) is 2.88. The molecule has 0 saturated carbocycles. The van der Waals surface area contributed by atoms with Crippen LogP contribution in [0.4, 0.5) is 0 Å². The Morgan fingerprint density at radius 3 is 2.75 bits per heavy atom. The summed E-state index contributed by atoms with van der Waals surface area (Å²) in [5, 5.41) is 0. The SMILES string of the molecule is c1ccc(-c2ccc3c(n2)CCSC3)cc1. The predicted octanol–water partition coefficient (Wildman–Crippen LogP) is 3.54. The Kier molecular flexibility index (Phi) is 2.66. The smallest absolute Gasteiger partial charge is 0.0705 e. The fourth-order valence-corrected chi connectivity index (χ4v) is 2.96. The monoisotopic (exact) mass is 227 g/mol. The number of rotatable bonds is 1. The fraction of sp³-hybridized carbons (Fsp3) is 0.214. The van der Waals surface area contributed by atoms with Crippen LogP contribution in [0.2, 0.25) is 0 Å². The van der Waals surface area contributed by atoms with Gasteiger partial charge in [0, 0.05) is 17.0 Å². The highest BCUT2D eigenvalue weighted by Gasteiger charge is 2.11. The van der Waals surface area contributed by atoms with Gasteiger partial charge < -0.3 is 0 Å². The maximum absolute atomic E-state index is 4.77. The van der Waals surface area contributed by atoms with Gasteiger partial charge in [-0.05, 0) is 23.8 Å². The molecule has 0 aliphatic carbocycles. The topological polar surface area (TPSA) is 12.9 Å². The van der Waals surface area contributed by atoms with E-state index in [0.29, 0.717) is 0 Å². The van der Waals surface area contributed by atoms with Gasteiger partial charge in [0.2, 0.25) is 0 Å². The lowest BCUT2D eigenvalue weighted by Gasteiger charge is -2.15. The van der Waals surface area contributed by atoms with Crippen molar-refractivity contribution in [1.82, 2.24) is 4.98 Å². The molecule has 0 radical (unpaired) electrons. The minimum absolute atomic E-state index is 1.10. The van der Waals surface area contributed by atoms with Gasteiger partial charge in [0.15, 0.2) is 0 Å². The molecule has 80 valence electrons. The van der Waals surface area contributed by atoms with Crippen molar-refractivity contribution in [2.75, 3.05) is 5.75 Å². The Labute approximate surface area is 99.9 Å². The van der Waals surface area contributed by atoms with Gasteiger partial charge in [-0.1, -0.05) is 36.4 Å². The van der Waals surface area contributed by atoms with E-state index in [1.165, 1.54) is 22.6 Å². The van der Waals surface area contributed by atoms with Gasteiger partial charge >= 0.3 is 0 Å². The summed E-state index contributed by atoms with van der Waals surface area (Å²) < 4.78 is 0. The molecular weight excluding hydrogens is 214 g/mol. The number of hydrogen-bond acceptors (Lipinski definition) is 2. The van der Waals surface area contributed by atoms with Gasteiger partial charge in [-0.3, -0.25) is 4.98 Å². The molecule has 1 aromatic heterocycles. The highest BCUT2D eigenvalue weighted by Crippen LogP contribution is 2.26. The lowest BCUT2D eigenvalue weighted by molar-refractivity contribution is 0.995. The summed E-state index contributed by atoms with van der Waals surface area (Å²) in [7, 11) is 0. The number of nitrogens with zero attached hydrogens (tertiary/aromatic N) is 1. The number of hydrogen-bond donors (Lipinski definition) is 0. The normalized spacial score (nSPS) is 14.5. The zero-order valence-corrected chi connectivity index (χ0v) is 9.83. The van der Waals surface area contributed by atoms with Crippen LogP contribution in [-0.4, -0.2) is 10.7 Å². The Morgan fingerprint density at radius 1 is 1.00 bits per heavy atom. The van der Waals surface area contributed by atoms with Gasteiger partial charge in [0.25, 0.3) is 0 Å². The number of thioether (sulfide) groups is 1. The summed E-state index contributed by atoms with van der Waals surface area (Å²) in [4.78, 5) is 4.77. The molecule has 0 bridgehead atoms. The molecule has 16 heavy (non-hydrogen) atoms. The first kappa shape index (κ1) is 9.91. The molecule has 2 aromatic rings. The van der Waals surface area contributed by atoms with E-state index >= 15 is 0 Å². The van der Waals surface area contributed by atoms with Crippen LogP contribution < -0.4 is 0 Å². The van der Waals surface area contributed by atoms with Gasteiger partial charge in [-0.25, -0.2) is 0 Å². The number of aromatic nitrogens is 1. The molecule has 0 atom stereocenters. The predicted molar refractivity (Wildman–Crippen MR) is 69.5 cm³/mol. The first-order valence-electron chi connectivity index (χ1n) is 5.55. The third-order valence-corrected chi connectivity index (χ3v) is 3.89. The van der Waals surface area contributed by atoms with E-state index < -0.39 is 0 Å². The van der Waals surface area contributed by atoms with Gasteiger partial charge in [0.1, 0.15) is 0 Å². The molecular formula is C14H13NS. The zero-order valence-electron chi connectivity index (χ0n) is 9.02. The average Bonchev–Trinajstić information content (AvgIpc) is 2.39. The van der Waals surface area contributed by atoms with Crippen molar-refractivity contribution in [2.45, 2.75) is 12.2 Å². The fourth-order valence-electron chi connectivity index (χ4n) is 2.00. The zero-order chi connectivity index (χ0) is 10.8. The Morgan fingerprint density at radius 2 is 1.88 bits per heavy atom. The standard InChI is InChI=1S/C14H13NS/c1-2-4-11(5-3-1)13-7-6-12-10-16-9-8-14(12)15-13/h1-7H,8-10H2. The molecule has 0 amide bonds. The average molecular weight is 227 g/mol. The number of benzene rings is 1. The number of aryl methyl sites for hydroxylation is 1. The van der Waals surface area contributed by atoms with Crippen LogP contribution in [0.25, 0.3) is 11.3 Å². The summed E-state index contributed by atoms with van der Waals surface area (Å²) in [6, 6.07) is 14.8. The van der Waals surface area contributed by atoms with Crippen LogP contribution in [0, 0.1) is 0 Å². The molecule has 2 heteroatoms. The van der Waals surface area contributed by atoms with Gasteiger partial charge in [0.05, 0.1) is 5.69 Å². The third kappa shape index (κ3) is 1.85. The summed E-state index contributed by atoms with van der Waals surface area (Å²) in [5.41, 5.74) is 5.02. The maximum atomic E-state index is 4.77. The van der Waals surface area contributed by atoms with E-state index in [-0.39, 0.29) is 0 Å². The lowest BCUT2D eigenvalue weighted by atomic mass is 10.1. The molecule has 0 unspecified atom stereocenters. The molecule has 3 rings (SSSR count). The molecule has 0 spiro atoms. The second kappa shape index (κ2) is 4.30. The van der Waals surface area contributed by atoms with Crippen molar-refractivity contribution >= 4 is 11.8 Å². The van der Waals surface area contributed by atoms with Crippen molar-refractivity contribution < 1.29 is 0 Å². The highest BCUT2D eigenvalue weighted by atomic mass is 32.2. The number of fused-ring (bicyclic) bond motifs is 1. The first-order valence-corrected chi connectivity index (χ1v) is 6.71. The van der Waals surface area contributed by atoms with Crippen LogP contribution in [0.15, 0.2) is 42.5 Å². The maximum Gasteiger partial charge on any atom is 0.0705 e. The van der Waals surface area contributed by atoms with E-state index in [0.717, 1.165) is 17.9 Å². The second-order valence-electron chi connectivity index (χ2n) is 3.97. The van der Waals surface area contributed by atoms with E-state index in [1.807, 2.05) is 17.8 Å². The molecule has 0 fully saturated rings. The molecule has 1 nitrogen and oxygen atoms in total. The van der Waals surface area contributed by atoms with Crippen LogP contribution in [-0.2, 0) is 12.2 Å². The number of pyridine rings is 1. The van der Waals surface area contributed by atoms with Crippen LogP contribution in [0.5, 0.6) is 0 Å². The lowest BCUT2D eigenvalue weighted by Crippen LogP contribution is -2.05. The molecule has 0 saturated heterocycles. The van der Waals surface area contributed by atoms with Crippen molar-refractivity contribution in [3.63, 3.8) is 0 Å². The summed E-state index contributed by atoms with van der Waals surface area (Å²) in [6.45, 7) is 0. The molecule has 1 aromatic carbocycles. The molecule has 0 N–H and O–H groups in total. The molecule has 1 aliphatic rings. The van der Waals surface area contributed by atoms with E-state index in [9.17, 15) is 0 Å². The first-order chi connectivity index (χ1) is 7.93. The summed E-state index contributed by atoms with van der Waals surface area (Å²) in [6.07, 6.45) is 1.11. The quantitative estimate of drug-likeness (QED) is 0.739. The molecule has 2 heterocycles. The minimum atomic E-state index is 1.10. The van der Waals surface area contributed by atoms with Gasteiger partial charge in [-0.15, -0.1) is 0 Å². The van der Waals surface area contributed by atoms with E-state index in [1.54, 1.807) is 0 Å². The summed E-state index contributed by atoms with van der Waals surface area (Å²) >= 11 is 2.00. The largest absolute Gasteiger partial charge is 0.252 e. The Bertz CT molecular complexity index is 493. The molecule has 1 aliphatic heterocycles. The Balaban J connectivity index is 2.03. The second-order valence-corrected chi connectivity index (χ2v) is 5.08. The van der Waals surface area contributed by atoms with Gasteiger partial charge in [-0.2, -0.15) is 11.8 Å². The highest BCUT2D eigenvalue weighted by molar-refractivity contribution is 7.98. The summed E-state index contributed by atoms with van der Waals surface area (Å²) in [5.74, 6) is 2.33. The van der Waals surface area contributed by atoms with Crippen molar-refractivity contribution in [2.24, 2.45) is 0 Å². The van der Waals surface area contributed by atoms with E-state index in [2.05, 4.69) is 36.4 Å². The van der Waals surface area contributed by atoms with Crippen molar-refractivity contribution in [3.8, 4) is 11.3 Å². The minimum Gasteiger partial charge on any atom is -0.252 e. The van der Waals surface area contributed by atoms with Crippen LogP contribution in [0.3, 0.4) is 0 Å². The van der Waals surface area contributed by atoms with Crippen molar-refractivity contribution in [3.05, 3.63) is 53.7 Å².